The van der Waals surface area contributed by atoms with Crippen molar-refractivity contribution in [1.82, 2.24) is 5.32 Å². The highest BCUT2D eigenvalue weighted by Crippen LogP contribution is 2.23. The molecule has 4 rings (SSSR count). The molecule has 1 aliphatic heterocycles. The summed E-state index contributed by atoms with van der Waals surface area (Å²) < 4.78 is 0. The number of benzodiazepines with no additional fused rings is 1. The maximum atomic E-state index is 12.4. The van der Waals surface area contributed by atoms with Crippen LogP contribution < -0.4 is 10.2 Å². The van der Waals surface area contributed by atoms with Gasteiger partial charge in [-0.05, 0) is 54.8 Å². The number of carbonyl (C=O) groups is 1. The minimum atomic E-state index is -0.0550. The third-order valence-electron chi connectivity index (χ3n) is 5.71. The summed E-state index contributed by atoms with van der Waals surface area (Å²) in [7, 11) is 2.10. The van der Waals surface area contributed by atoms with Crippen molar-refractivity contribution in [2.75, 3.05) is 31.6 Å². The Morgan fingerprint density at radius 3 is 2.59 bits per heavy atom. The summed E-state index contributed by atoms with van der Waals surface area (Å²) in [5.41, 5.74) is 5.96. The number of nitrogens with one attached hydrogen (secondary N) is 1. The van der Waals surface area contributed by atoms with E-state index in [1.807, 2.05) is 66.9 Å². The van der Waals surface area contributed by atoms with E-state index in [2.05, 4.69) is 52.6 Å². The van der Waals surface area contributed by atoms with Gasteiger partial charge in [-0.3, -0.25) is 14.8 Å². The van der Waals surface area contributed by atoms with E-state index in [1.54, 1.807) is 0 Å². The molecular weight excluding hydrogens is 420 g/mol. The van der Waals surface area contributed by atoms with Crippen molar-refractivity contribution in [1.29, 1.82) is 0 Å². The number of unbranched alkanes of at least 4 members (excludes halogenated alkanes) is 1. The van der Waals surface area contributed by atoms with Gasteiger partial charge in [0.05, 0.1) is 17.9 Å². The molecule has 0 aliphatic carbocycles. The molecule has 3 aromatic carbocycles. The van der Waals surface area contributed by atoms with E-state index >= 15 is 0 Å². The lowest BCUT2D eigenvalue weighted by Gasteiger charge is -2.18. The van der Waals surface area contributed by atoms with Gasteiger partial charge in [0.1, 0.15) is 0 Å². The molecule has 0 radical (unpaired) electrons. The Hall–Kier alpha value is -3.99. The first-order chi connectivity index (χ1) is 16.7. The Morgan fingerprint density at radius 1 is 1.00 bits per heavy atom. The van der Waals surface area contributed by atoms with E-state index in [0.29, 0.717) is 12.1 Å². The number of allylic oxidation sites excluding steroid dienone is 1. The number of fused-ring (bicyclic) bond motifs is 1. The number of amides is 1. The molecule has 1 heterocycles. The number of para-hydroxylation sites is 2. The summed E-state index contributed by atoms with van der Waals surface area (Å²) in [6, 6.07) is 25.9. The van der Waals surface area contributed by atoms with Crippen LogP contribution in [0.15, 0.2) is 94.9 Å². The van der Waals surface area contributed by atoms with Gasteiger partial charge in [0.2, 0.25) is 0 Å². The molecule has 0 unspecified atom stereocenters. The van der Waals surface area contributed by atoms with Crippen LogP contribution in [0.5, 0.6) is 0 Å². The lowest BCUT2D eigenvalue weighted by atomic mass is 10.0. The minimum absolute atomic E-state index is 0.0550. The van der Waals surface area contributed by atoms with Gasteiger partial charge in [-0.2, -0.15) is 0 Å². The average molecular weight is 451 g/mol. The smallest absolute Gasteiger partial charge is 0.251 e. The maximum absolute atomic E-state index is 12.4. The van der Waals surface area contributed by atoms with Gasteiger partial charge in [-0.15, -0.1) is 0 Å². The van der Waals surface area contributed by atoms with Crippen LogP contribution in [0, 0.1) is 0 Å². The highest BCUT2D eigenvalue weighted by Gasteiger charge is 2.13. The molecule has 0 fully saturated rings. The molecule has 3 aromatic rings. The van der Waals surface area contributed by atoms with Crippen LogP contribution >= 0.6 is 0 Å². The van der Waals surface area contributed by atoms with Crippen molar-refractivity contribution in [2.45, 2.75) is 12.8 Å². The van der Waals surface area contributed by atoms with Crippen LogP contribution in [0.2, 0.25) is 0 Å². The molecule has 0 spiro atoms. The van der Waals surface area contributed by atoms with Crippen molar-refractivity contribution in [3.8, 4) is 0 Å². The molecule has 34 heavy (non-hydrogen) atoms. The second-order valence-corrected chi connectivity index (χ2v) is 8.21. The van der Waals surface area contributed by atoms with Crippen molar-refractivity contribution >= 4 is 35.3 Å². The molecule has 0 bridgehead atoms. The van der Waals surface area contributed by atoms with E-state index in [0.717, 1.165) is 48.5 Å². The monoisotopic (exact) mass is 450 g/mol. The molecular formula is C29H30N4O. The van der Waals surface area contributed by atoms with Crippen molar-refractivity contribution < 1.29 is 4.79 Å². The first-order valence-corrected chi connectivity index (χ1v) is 11.7. The number of hydrogen-bond acceptors (Lipinski definition) is 4. The number of likely N-dealkylation sites (N-methyl/N-ethyl adjacent to an activating group) is 1. The molecule has 172 valence electrons. The average Bonchev–Trinajstić information content (AvgIpc) is 3.04. The Bertz CT molecular complexity index is 1180. The molecule has 1 N–H and O–H groups in total. The molecule has 0 aromatic heterocycles. The molecule has 0 atom stereocenters. The molecule has 5 heteroatoms. The van der Waals surface area contributed by atoms with Crippen molar-refractivity contribution in [2.24, 2.45) is 9.98 Å². The topological polar surface area (TPSA) is 57.1 Å². The summed E-state index contributed by atoms with van der Waals surface area (Å²) in [4.78, 5) is 23.8. The Kier molecular flexibility index (Phi) is 8.01. The van der Waals surface area contributed by atoms with E-state index < -0.39 is 0 Å². The minimum Gasteiger partial charge on any atom is -0.372 e. The van der Waals surface area contributed by atoms with Gasteiger partial charge >= 0.3 is 0 Å². The van der Waals surface area contributed by atoms with Crippen LogP contribution in [0.3, 0.4) is 0 Å². The fraction of sp³-hybridized carbons (Fsp3) is 0.207. The molecule has 0 saturated carbocycles. The lowest BCUT2D eigenvalue weighted by molar-refractivity contribution is 0.0953. The van der Waals surface area contributed by atoms with E-state index in [-0.39, 0.29) is 5.91 Å². The summed E-state index contributed by atoms with van der Waals surface area (Å²) in [6.07, 6.45) is 7.68. The Morgan fingerprint density at radius 2 is 1.76 bits per heavy atom. The van der Waals surface area contributed by atoms with Crippen LogP contribution in [0.1, 0.15) is 34.3 Å². The van der Waals surface area contributed by atoms with E-state index in [9.17, 15) is 4.79 Å². The molecule has 5 nitrogen and oxygen atoms in total. The zero-order chi connectivity index (χ0) is 23.6. The van der Waals surface area contributed by atoms with Gasteiger partial charge in [0.15, 0.2) is 0 Å². The predicted molar refractivity (Wildman–Crippen MR) is 143 cm³/mol. The number of nitrogens with zero attached hydrogens (tertiary/aromatic N) is 3. The van der Waals surface area contributed by atoms with Gasteiger partial charge in [-0.1, -0.05) is 54.6 Å². The summed E-state index contributed by atoms with van der Waals surface area (Å²) in [6.45, 7) is 2.29. The standard InChI is InChI=1S/C29H30N4O/c1-33-22-21-31-27(26-11-5-6-12-28(26)33)18-15-23-13-16-24(17-14-23)29(34)32-20-8-7-19-30-25-9-3-2-4-10-25/h2-6,9-19H,7-8,20-22H2,1H3,(H,32,34). The third-order valence-corrected chi connectivity index (χ3v) is 5.71. The highest BCUT2D eigenvalue weighted by atomic mass is 16.1. The fourth-order valence-corrected chi connectivity index (χ4v) is 3.79. The van der Waals surface area contributed by atoms with Crippen LogP contribution in [0.25, 0.3) is 6.08 Å². The lowest BCUT2D eigenvalue weighted by Crippen LogP contribution is -2.24. The SMILES string of the molecule is CN1CCN=C(C=Cc2ccc(C(=O)NCCCC=Nc3ccccc3)cc2)c2ccccc21. The Labute approximate surface area is 201 Å². The number of rotatable bonds is 8. The van der Waals surface area contributed by atoms with Gasteiger partial charge in [0.25, 0.3) is 5.91 Å². The largest absolute Gasteiger partial charge is 0.372 e. The predicted octanol–water partition coefficient (Wildman–Crippen LogP) is 5.55. The van der Waals surface area contributed by atoms with Gasteiger partial charge < -0.3 is 10.2 Å². The molecule has 1 aliphatic rings. The van der Waals surface area contributed by atoms with Gasteiger partial charge in [-0.25, -0.2) is 0 Å². The first-order valence-electron chi connectivity index (χ1n) is 11.7. The molecule has 0 saturated heterocycles. The van der Waals surface area contributed by atoms with Gasteiger partial charge in [0, 0.05) is 43.2 Å². The van der Waals surface area contributed by atoms with E-state index in [4.69, 9.17) is 4.99 Å². The van der Waals surface area contributed by atoms with Crippen molar-refractivity contribution in [3.63, 3.8) is 0 Å². The van der Waals surface area contributed by atoms with E-state index in [1.165, 1.54) is 5.69 Å². The number of anilines is 1. The summed E-state index contributed by atoms with van der Waals surface area (Å²) >= 11 is 0. The van der Waals surface area contributed by atoms with Crippen LogP contribution in [-0.2, 0) is 0 Å². The second-order valence-electron chi connectivity index (χ2n) is 8.21. The second kappa shape index (κ2) is 11.8. The third kappa shape index (κ3) is 6.29. The summed E-state index contributed by atoms with van der Waals surface area (Å²) in [5, 5.41) is 2.98. The number of carbonyl (C=O) groups excluding carboxylic acids is 1. The zero-order valence-corrected chi connectivity index (χ0v) is 19.5. The zero-order valence-electron chi connectivity index (χ0n) is 19.5. The maximum Gasteiger partial charge on any atom is 0.251 e. The first kappa shape index (κ1) is 23.2. The number of benzene rings is 3. The number of aliphatic imine (C=N–C) groups is 2. The van der Waals surface area contributed by atoms with Crippen molar-refractivity contribution in [3.05, 3.63) is 102 Å². The molecule has 1 amide bonds. The Balaban J connectivity index is 1.28. The van der Waals surface area contributed by atoms with Crippen LogP contribution in [0.4, 0.5) is 11.4 Å². The highest BCUT2D eigenvalue weighted by molar-refractivity contribution is 6.14. The summed E-state index contributed by atoms with van der Waals surface area (Å²) in [5.74, 6) is -0.0550. The quantitative estimate of drug-likeness (QED) is 0.361. The van der Waals surface area contributed by atoms with Crippen LogP contribution in [-0.4, -0.2) is 44.5 Å². The fourth-order valence-electron chi connectivity index (χ4n) is 3.79. The normalized spacial score (nSPS) is 13.6. The number of hydrogen-bond donors (Lipinski definition) is 1.